The van der Waals surface area contributed by atoms with Gasteiger partial charge in [0, 0.05) is 5.92 Å². The van der Waals surface area contributed by atoms with Gasteiger partial charge in [-0.05, 0) is 55.1 Å². The lowest BCUT2D eigenvalue weighted by molar-refractivity contribution is -0.119. The molecule has 2 aliphatic rings. The van der Waals surface area contributed by atoms with Crippen LogP contribution in [0.2, 0.25) is 0 Å². The third-order valence-corrected chi connectivity index (χ3v) is 6.69. The van der Waals surface area contributed by atoms with Crippen molar-refractivity contribution >= 4 is 0 Å². The zero-order valence-corrected chi connectivity index (χ0v) is 14.9. The number of aliphatic hydroxyl groups is 1. The summed E-state index contributed by atoms with van der Waals surface area (Å²) >= 11 is 0. The largest absolute Gasteiger partial charge is 0.493 e. The first kappa shape index (κ1) is 16.6. The Labute approximate surface area is 140 Å². The van der Waals surface area contributed by atoms with Gasteiger partial charge in [0.2, 0.25) is 0 Å². The van der Waals surface area contributed by atoms with E-state index in [9.17, 15) is 5.11 Å². The summed E-state index contributed by atoms with van der Waals surface area (Å²) in [5.74, 6) is 1.88. The zero-order valence-electron chi connectivity index (χ0n) is 14.9. The SMILES string of the molecule is CC1=CC[C@H]2C(C)(C)[C@@H](O)CC[C@@]2(C)[C@@H]1COc1ccccc1. The van der Waals surface area contributed by atoms with Gasteiger partial charge >= 0.3 is 0 Å². The average molecular weight is 314 g/mol. The van der Waals surface area contributed by atoms with Crippen LogP contribution in [0.5, 0.6) is 5.75 Å². The molecule has 2 nitrogen and oxygen atoms in total. The second-order valence-corrected chi connectivity index (χ2v) is 8.29. The lowest BCUT2D eigenvalue weighted by atomic mass is 9.48. The third-order valence-electron chi connectivity index (χ3n) is 6.69. The van der Waals surface area contributed by atoms with Crippen molar-refractivity contribution in [1.82, 2.24) is 0 Å². The van der Waals surface area contributed by atoms with Crippen LogP contribution < -0.4 is 4.74 Å². The summed E-state index contributed by atoms with van der Waals surface area (Å²) in [5.41, 5.74) is 1.62. The number of allylic oxidation sites excluding steroid dienone is 1. The van der Waals surface area contributed by atoms with Gasteiger partial charge in [-0.1, -0.05) is 50.6 Å². The first-order valence-electron chi connectivity index (χ1n) is 8.88. The van der Waals surface area contributed by atoms with Gasteiger partial charge in [-0.15, -0.1) is 0 Å². The molecule has 3 rings (SSSR count). The lowest BCUT2D eigenvalue weighted by Crippen LogP contribution is -2.55. The molecular formula is C21H30O2. The molecule has 1 aromatic rings. The molecule has 126 valence electrons. The van der Waals surface area contributed by atoms with E-state index >= 15 is 0 Å². The van der Waals surface area contributed by atoms with Crippen LogP contribution in [0.4, 0.5) is 0 Å². The number of fused-ring (bicyclic) bond motifs is 1. The Kier molecular flexibility index (Phi) is 4.31. The summed E-state index contributed by atoms with van der Waals surface area (Å²) in [6.45, 7) is 9.87. The molecule has 1 N–H and O–H groups in total. The molecule has 2 aliphatic carbocycles. The van der Waals surface area contributed by atoms with Gasteiger partial charge in [0.05, 0.1) is 12.7 Å². The van der Waals surface area contributed by atoms with Gasteiger partial charge < -0.3 is 9.84 Å². The highest BCUT2D eigenvalue weighted by Gasteiger charge is 2.55. The fourth-order valence-electron chi connectivity index (χ4n) is 5.05. The first-order valence-corrected chi connectivity index (χ1v) is 8.88. The molecule has 0 spiro atoms. The average Bonchev–Trinajstić information content (AvgIpc) is 2.52. The molecule has 0 radical (unpaired) electrons. The van der Waals surface area contributed by atoms with E-state index in [2.05, 4.69) is 33.8 Å². The van der Waals surface area contributed by atoms with Crippen LogP contribution in [0.1, 0.15) is 47.0 Å². The minimum Gasteiger partial charge on any atom is -0.493 e. The summed E-state index contributed by atoms with van der Waals surface area (Å²) in [5, 5.41) is 10.5. The summed E-state index contributed by atoms with van der Waals surface area (Å²) < 4.78 is 6.12. The van der Waals surface area contributed by atoms with Crippen LogP contribution in [-0.4, -0.2) is 17.8 Å². The zero-order chi connectivity index (χ0) is 16.7. The Balaban J connectivity index is 1.84. The number of rotatable bonds is 3. The number of benzene rings is 1. The van der Waals surface area contributed by atoms with E-state index in [1.54, 1.807) is 0 Å². The van der Waals surface area contributed by atoms with Crippen molar-refractivity contribution < 1.29 is 9.84 Å². The maximum absolute atomic E-state index is 10.5. The van der Waals surface area contributed by atoms with Gasteiger partial charge in [0.25, 0.3) is 0 Å². The van der Waals surface area contributed by atoms with Crippen LogP contribution in [0.15, 0.2) is 42.0 Å². The molecule has 1 saturated carbocycles. The van der Waals surface area contributed by atoms with Crippen LogP contribution >= 0.6 is 0 Å². The third kappa shape index (κ3) is 2.82. The summed E-state index contributed by atoms with van der Waals surface area (Å²) in [4.78, 5) is 0. The Morgan fingerprint density at radius 1 is 1.17 bits per heavy atom. The van der Waals surface area contributed by atoms with Crippen molar-refractivity contribution in [2.24, 2.45) is 22.7 Å². The van der Waals surface area contributed by atoms with Gasteiger partial charge in [0.15, 0.2) is 0 Å². The monoisotopic (exact) mass is 314 g/mol. The number of hydrogen-bond donors (Lipinski definition) is 1. The molecule has 0 aromatic heterocycles. The second-order valence-electron chi connectivity index (χ2n) is 8.29. The molecule has 1 aromatic carbocycles. The molecule has 23 heavy (non-hydrogen) atoms. The fraction of sp³-hybridized carbons (Fsp3) is 0.619. The highest BCUT2D eigenvalue weighted by Crippen LogP contribution is 2.59. The van der Waals surface area contributed by atoms with Gasteiger partial charge in [0.1, 0.15) is 5.75 Å². The van der Waals surface area contributed by atoms with E-state index < -0.39 is 0 Å². The van der Waals surface area contributed by atoms with Crippen molar-refractivity contribution in [2.45, 2.75) is 53.1 Å². The number of hydrogen-bond acceptors (Lipinski definition) is 2. The van der Waals surface area contributed by atoms with E-state index in [1.165, 1.54) is 5.57 Å². The quantitative estimate of drug-likeness (QED) is 0.809. The first-order chi connectivity index (χ1) is 10.9. The van der Waals surface area contributed by atoms with E-state index in [-0.39, 0.29) is 16.9 Å². The highest BCUT2D eigenvalue weighted by atomic mass is 16.5. The molecule has 0 saturated heterocycles. The molecule has 0 amide bonds. The second kappa shape index (κ2) is 5.98. The van der Waals surface area contributed by atoms with Gasteiger partial charge in [-0.3, -0.25) is 0 Å². The van der Waals surface area contributed by atoms with Crippen molar-refractivity contribution in [3.8, 4) is 5.75 Å². The minimum atomic E-state index is -0.192. The van der Waals surface area contributed by atoms with Gasteiger partial charge in [-0.25, -0.2) is 0 Å². The van der Waals surface area contributed by atoms with Crippen LogP contribution in [0, 0.1) is 22.7 Å². The molecule has 0 bridgehead atoms. The molecule has 0 unspecified atom stereocenters. The maximum Gasteiger partial charge on any atom is 0.119 e. The van der Waals surface area contributed by atoms with Crippen molar-refractivity contribution in [3.63, 3.8) is 0 Å². The highest BCUT2D eigenvalue weighted by molar-refractivity contribution is 5.23. The molecule has 4 atom stereocenters. The van der Waals surface area contributed by atoms with E-state index in [1.807, 2.05) is 30.3 Å². The summed E-state index contributed by atoms with van der Waals surface area (Å²) in [6.07, 6.45) is 5.24. The predicted octanol–water partition coefficient (Wildman–Crippen LogP) is 4.84. The summed E-state index contributed by atoms with van der Waals surface area (Å²) in [7, 11) is 0. The Morgan fingerprint density at radius 2 is 1.87 bits per heavy atom. The Hall–Kier alpha value is -1.28. The van der Waals surface area contributed by atoms with Crippen molar-refractivity contribution in [3.05, 3.63) is 42.0 Å². The fourth-order valence-corrected chi connectivity index (χ4v) is 5.05. The van der Waals surface area contributed by atoms with Crippen LogP contribution in [0.25, 0.3) is 0 Å². The molecule has 1 fully saturated rings. The minimum absolute atomic E-state index is 0.0325. The van der Waals surface area contributed by atoms with E-state index in [0.717, 1.165) is 31.6 Å². The molecule has 2 heteroatoms. The summed E-state index contributed by atoms with van der Waals surface area (Å²) in [6, 6.07) is 10.1. The van der Waals surface area contributed by atoms with Crippen LogP contribution in [-0.2, 0) is 0 Å². The van der Waals surface area contributed by atoms with Crippen molar-refractivity contribution in [1.29, 1.82) is 0 Å². The predicted molar refractivity (Wildman–Crippen MR) is 94.4 cm³/mol. The molecule has 0 heterocycles. The Bertz CT molecular complexity index is 575. The number of ether oxygens (including phenoxy) is 1. The van der Waals surface area contributed by atoms with Crippen molar-refractivity contribution in [2.75, 3.05) is 6.61 Å². The van der Waals surface area contributed by atoms with Crippen LogP contribution in [0.3, 0.4) is 0 Å². The van der Waals surface area contributed by atoms with E-state index in [4.69, 9.17) is 4.74 Å². The normalized spacial score (nSPS) is 36.0. The van der Waals surface area contributed by atoms with Gasteiger partial charge in [-0.2, -0.15) is 0 Å². The number of aliphatic hydroxyl groups excluding tert-OH is 1. The van der Waals surface area contributed by atoms with E-state index in [0.29, 0.717) is 11.8 Å². The smallest absolute Gasteiger partial charge is 0.119 e. The lowest BCUT2D eigenvalue weighted by Gasteiger charge is -2.58. The number of para-hydroxylation sites is 1. The topological polar surface area (TPSA) is 29.5 Å². The standard InChI is InChI=1S/C21H30O2/c1-15-10-11-18-20(2,3)19(22)12-13-21(18,4)17(15)14-23-16-8-6-5-7-9-16/h5-10,17-19,22H,11-14H2,1-4H3/t17-,18+,19+,21+/m1/s1. The molecule has 0 aliphatic heterocycles. The Morgan fingerprint density at radius 3 is 2.57 bits per heavy atom. The molecular weight excluding hydrogens is 284 g/mol. The maximum atomic E-state index is 10.5.